The minimum Gasteiger partial charge on any atom is -0.192 e. The van der Waals surface area contributed by atoms with E-state index in [-0.39, 0.29) is 39.8 Å². The van der Waals surface area contributed by atoms with Gasteiger partial charge in [-0.2, -0.15) is 5.26 Å². The molecule has 0 amide bonds. The maximum Gasteiger partial charge on any atom is 0.0994 e. The van der Waals surface area contributed by atoms with Crippen LogP contribution in [0.15, 0.2) is 237 Å². The summed E-state index contributed by atoms with van der Waals surface area (Å²) >= 11 is 0. The number of aryl methyl sites for hydroxylation is 2. The Balaban J connectivity index is 0.000000214. The monoisotopic (exact) mass is 1220 g/mol. The van der Waals surface area contributed by atoms with E-state index in [1.165, 1.54) is 83.5 Å². The molecule has 0 fully saturated rings. The number of nitriles is 1. The first-order valence-electron chi connectivity index (χ1n) is 36.3. The smallest absolute Gasteiger partial charge is 0.0994 e. The molecular weight excluding hydrogens is 1110 g/mol. The fourth-order valence-corrected chi connectivity index (χ4v) is 10.9. The Morgan fingerprint density at radius 1 is 0.337 bits per heavy atom. The summed E-state index contributed by atoms with van der Waals surface area (Å²) in [5.41, 5.74) is 23.8. The maximum absolute atomic E-state index is 8.89. The van der Waals surface area contributed by atoms with Crippen molar-refractivity contribution in [3.8, 4) is 50.6 Å². The molecule has 480 valence electrons. The van der Waals surface area contributed by atoms with Gasteiger partial charge in [0.15, 0.2) is 0 Å². The van der Waals surface area contributed by atoms with Crippen molar-refractivity contribution in [2.75, 3.05) is 0 Å². The largest absolute Gasteiger partial charge is 0.192 e. The molecule has 10 rings (SSSR count). The van der Waals surface area contributed by atoms with Crippen LogP contribution in [0.3, 0.4) is 0 Å². The predicted octanol–water partition coefficient (Wildman–Crippen LogP) is 27.2. The van der Waals surface area contributed by atoms with Crippen LogP contribution in [0.5, 0.6) is 0 Å². The second-order valence-corrected chi connectivity index (χ2v) is 28.2. The molecule has 0 saturated carbocycles. The van der Waals surface area contributed by atoms with Crippen molar-refractivity contribution < 1.29 is 8.22 Å². The third kappa shape index (κ3) is 22.8. The summed E-state index contributed by atoms with van der Waals surface area (Å²) in [6.07, 6.45) is 0. The quantitative estimate of drug-likeness (QED) is 0.134. The Hall–Kier alpha value is -8.31. The summed E-state index contributed by atoms with van der Waals surface area (Å²) in [6.45, 7) is 42.6. The molecule has 0 bridgehead atoms. The van der Waals surface area contributed by atoms with Gasteiger partial charge in [0.05, 0.1) is 15.7 Å². The van der Waals surface area contributed by atoms with E-state index in [1.807, 2.05) is 67.5 Å². The van der Waals surface area contributed by atoms with Crippen LogP contribution in [-0.2, 0) is 10.8 Å². The minimum atomic E-state index is -2.22. The van der Waals surface area contributed by atoms with Gasteiger partial charge in [0.1, 0.15) is 0 Å². The molecule has 10 aromatic rings. The van der Waals surface area contributed by atoms with Gasteiger partial charge in [0, 0.05) is 4.11 Å². The fourth-order valence-electron chi connectivity index (χ4n) is 10.9. The molecule has 0 aliphatic heterocycles. The fraction of sp³-hybridized carbons (Fsp3) is 0.330. The molecule has 0 aliphatic carbocycles. The molecule has 0 N–H and O–H groups in total. The first kappa shape index (κ1) is 65.2. The zero-order valence-corrected chi connectivity index (χ0v) is 59.7. The second kappa shape index (κ2) is 35.5. The van der Waals surface area contributed by atoms with Gasteiger partial charge < -0.3 is 0 Å². The van der Waals surface area contributed by atoms with E-state index in [0.717, 1.165) is 16.7 Å². The van der Waals surface area contributed by atoms with Crippen molar-refractivity contribution in [3.05, 3.63) is 309 Å². The molecule has 0 aromatic heterocycles. The highest BCUT2D eigenvalue weighted by Crippen LogP contribution is 2.33. The molecule has 10 aromatic carbocycles. The number of benzene rings is 10. The van der Waals surface area contributed by atoms with Crippen molar-refractivity contribution in [3.63, 3.8) is 0 Å². The molecule has 0 heterocycles. The molecule has 1 heteroatoms. The number of rotatable bonds is 10. The molecule has 0 aliphatic rings. The van der Waals surface area contributed by atoms with Crippen LogP contribution < -0.4 is 0 Å². The summed E-state index contributed by atoms with van der Waals surface area (Å²) in [5.74, 6) is 2.65. The lowest BCUT2D eigenvalue weighted by Gasteiger charge is -2.21. The Labute approximate surface area is 568 Å². The molecule has 0 saturated heterocycles. The van der Waals surface area contributed by atoms with Gasteiger partial charge in [0.2, 0.25) is 0 Å². The normalized spacial score (nSPS) is 12.2. The molecule has 0 spiro atoms. The van der Waals surface area contributed by atoms with Crippen molar-refractivity contribution in [1.29, 1.82) is 5.26 Å². The van der Waals surface area contributed by atoms with E-state index in [4.69, 9.17) is 13.5 Å². The van der Waals surface area contributed by atoms with Crippen LogP contribution in [0.2, 0.25) is 0 Å². The SMILES string of the molecule is CC(C)c1cc(-c2ccccc2)cc(-c2ccccc2)c1.CC(C)c1ccc(-c2ccccc2)cc1.CC(C)c1ccc(C(C)(C)C)cc1.Cc1cc(-c2ccccc2)cc(C)c1C(C)C.[2H]C([2H])([2H])c1c(C#N)cccc1C(C)C.[2H]c1c([2H])c(C(C)(C)C)c([2H])c(C)c1C(C)C. The van der Waals surface area contributed by atoms with Crippen molar-refractivity contribution in [1.82, 2.24) is 0 Å². The number of hydrogen-bond donors (Lipinski definition) is 0. The highest BCUT2D eigenvalue weighted by Gasteiger charge is 2.16. The standard InChI is InChI=1S/C21H20.C17H20.C15H16.C14H22.C13H20.C11H13N/c1-16(2)19-13-20(17-9-5-3-6-10-17)15-21(14-19)18-11-7-4-8-12-18;1-12(2)17-13(3)10-16(11-14(17)4)15-8-6-5-7-9-15;1-12(2)13-8-10-15(11-9-13)14-6-4-3-5-7-14;1-10(2)13-8-7-12(9-11(13)3)14(4,5)6;1-10(2)11-6-8-12(9-7-11)13(3,4)5;1-8(2)11-6-4-5-10(7-12)9(11)3/h3-16H,1-2H3;5-12H,1-4H3;3-12H,1-2H3;7-10H,1-6H3;6-10H,1-5H3;4-6,8H,1-3H3/i;;;7D,8D,9D;;3D3. The predicted molar refractivity (Wildman–Crippen MR) is 406 cm³/mol. The molecule has 1 nitrogen and oxygen atoms in total. The van der Waals surface area contributed by atoms with Crippen LogP contribution in [-0.4, -0.2) is 0 Å². The van der Waals surface area contributed by atoms with Crippen molar-refractivity contribution >= 4 is 0 Å². The van der Waals surface area contributed by atoms with Gasteiger partial charge in [-0.1, -0.05) is 349 Å². The first-order chi connectivity index (χ1) is 46.0. The van der Waals surface area contributed by atoms with E-state index >= 15 is 0 Å². The van der Waals surface area contributed by atoms with Crippen molar-refractivity contribution in [2.45, 2.75) is 199 Å². The molecule has 0 atom stereocenters. The number of hydrogen-bond acceptors (Lipinski definition) is 1. The van der Waals surface area contributed by atoms with Crippen LogP contribution in [0, 0.1) is 39.0 Å². The van der Waals surface area contributed by atoms with Crippen molar-refractivity contribution in [2.24, 2.45) is 0 Å². The Kier molecular flexibility index (Phi) is 25.1. The van der Waals surface area contributed by atoms with Gasteiger partial charge in [-0.3, -0.25) is 0 Å². The first-order valence-corrected chi connectivity index (χ1v) is 33.3. The summed E-state index contributed by atoms with van der Waals surface area (Å²) in [6, 6.07) is 79.5. The van der Waals surface area contributed by atoms with E-state index in [9.17, 15) is 0 Å². The lowest BCUT2D eigenvalue weighted by molar-refractivity contribution is 0.589. The summed E-state index contributed by atoms with van der Waals surface area (Å²) in [7, 11) is 0. The highest BCUT2D eigenvalue weighted by molar-refractivity contribution is 5.74. The number of nitrogens with zero attached hydrogens (tertiary/aromatic N) is 1. The van der Waals surface area contributed by atoms with E-state index in [0.29, 0.717) is 41.3 Å². The molecular formula is C91H111N. The average molecular weight is 1220 g/mol. The third-order valence-electron chi connectivity index (χ3n) is 16.4. The van der Waals surface area contributed by atoms with E-state index in [1.54, 1.807) is 18.2 Å². The zero-order chi connectivity index (χ0) is 73.0. The van der Waals surface area contributed by atoms with Gasteiger partial charge in [-0.25, -0.2) is 0 Å². The van der Waals surface area contributed by atoms with Crippen LogP contribution in [0.4, 0.5) is 0 Å². The van der Waals surface area contributed by atoms with E-state index < -0.39 is 6.85 Å². The van der Waals surface area contributed by atoms with Gasteiger partial charge in [-0.15, -0.1) is 0 Å². The van der Waals surface area contributed by atoms with Gasteiger partial charge >= 0.3 is 0 Å². The Morgan fingerprint density at radius 2 is 0.707 bits per heavy atom. The molecule has 0 unspecified atom stereocenters. The highest BCUT2D eigenvalue weighted by atomic mass is 14.3. The van der Waals surface area contributed by atoms with Crippen LogP contribution >= 0.6 is 0 Å². The lowest BCUT2D eigenvalue weighted by atomic mass is 9.84. The maximum atomic E-state index is 8.89. The summed E-state index contributed by atoms with van der Waals surface area (Å²) in [4.78, 5) is 0. The summed E-state index contributed by atoms with van der Waals surface area (Å²) < 4.78 is 46.7. The average Bonchev–Trinajstić information content (AvgIpc) is 0.774. The molecule has 92 heavy (non-hydrogen) atoms. The lowest BCUT2D eigenvalue weighted by Crippen LogP contribution is -2.11. The topological polar surface area (TPSA) is 23.8 Å². The minimum absolute atomic E-state index is 0.105. The van der Waals surface area contributed by atoms with E-state index in [2.05, 4.69) is 284 Å². The Morgan fingerprint density at radius 3 is 1.05 bits per heavy atom. The molecule has 0 radical (unpaired) electrons. The Bertz CT molecular complexity index is 4010. The van der Waals surface area contributed by atoms with Gasteiger partial charge in [0.25, 0.3) is 0 Å². The van der Waals surface area contributed by atoms with Gasteiger partial charge in [-0.05, 0) is 197 Å². The zero-order valence-electron chi connectivity index (χ0n) is 65.7. The summed E-state index contributed by atoms with van der Waals surface area (Å²) in [5, 5.41) is 8.89. The second-order valence-electron chi connectivity index (χ2n) is 28.2. The van der Waals surface area contributed by atoms with Crippen LogP contribution in [0.1, 0.15) is 241 Å². The third-order valence-corrected chi connectivity index (χ3v) is 16.4. The van der Waals surface area contributed by atoms with Crippen LogP contribution in [0.25, 0.3) is 44.5 Å².